The molecule has 1 aromatic heterocycles. The molecular weight excluding hydrogens is 412 g/mol. The van der Waals surface area contributed by atoms with E-state index in [2.05, 4.69) is 4.72 Å². The summed E-state index contributed by atoms with van der Waals surface area (Å²) in [6.07, 6.45) is 3.13. The molecule has 0 fully saturated rings. The Morgan fingerprint density at radius 1 is 0.968 bits per heavy atom. The molecule has 2 heterocycles. The predicted molar refractivity (Wildman–Crippen MR) is 120 cm³/mol. The summed E-state index contributed by atoms with van der Waals surface area (Å²) in [7, 11) is -3.82. The quantitative estimate of drug-likeness (QED) is 0.501. The standard InChI is InChI=1S/C24H20N2O4S/c27-24(22-10-5-15-30-22)26-14-4-8-18-12-13-19(16-21(18)26)25-31(28,29)23-11-3-7-17-6-1-2-9-20(17)23/h1-3,5-7,9-13,15-16,25H,4,8,14H2. The minimum atomic E-state index is -3.82. The number of benzene rings is 3. The smallest absolute Gasteiger partial charge is 0.293 e. The number of amides is 1. The molecule has 1 N–H and O–H groups in total. The third-order valence-corrected chi connectivity index (χ3v) is 6.91. The van der Waals surface area contributed by atoms with Crippen LogP contribution >= 0.6 is 0 Å². The van der Waals surface area contributed by atoms with Crippen LogP contribution in [0.5, 0.6) is 0 Å². The second-order valence-electron chi connectivity index (χ2n) is 7.46. The van der Waals surface area contributed by atoms with Gasteiger partial charge in [-0.15, -0.1) is 0 Å². The lowest BCUT2D eigenvalue weighted by Crippen LogP contribution is -2.35. The molecule has 156 valence electrons. The van der Waals surface area contributed by atoms with Crippen LogP contribution in [0.25, 0.3) is 10.8 Å². The van der Waals surface area contributed by atoms with Gasteiger partial charge >= 0.3 is 0 Å². The maximum Gasteiger partial charge on any atom is 0.293 e. The molecule has 0 saturated carbocycles. The Balaban J connectivity index is 1.51. The number of anilines is 2. The fourth-order valence-electron chi connectivity index (χ4n) is 4.02. The van der Waals surface area contributed by atoms with Crippen LogP contribution in [0.3, 0.4) is 0 Å². The van der Waals surface area contributed by atoms with Crippen LogP contribution in [-0.4, -0.2) is 20.9 Å². The molecule has 1 amide bonds. The fraction of sp³-hybridized carbons (Fsp3) is 0.125. The van der Waals surface area contributed by atoms with Gasteiger partial charge in [-0.05, 0) is 54.1 Å². The van der Waals surface area contributed by atoms with Crippen LogP contribution in [0.2, 0.25) is 0 Å². The van der Waals surface area contributed by atoms with E-state index in [-0.39, 0.29) is 16.6 Å². The molecule has 0 aliphatic carbocycles. The van der Waals surface area contributed by atoms with E-state index in [9.17, 15) is 13.2 Å². The molecule has 1 aliphatic rings. The summed E-state index contributed by atoms with van der Waals surface area (Å²) in [6.45, 7) is 0.548. The van der Waals surface area contributed by atoms with Gasteiger partial charge in [-0.2, -0.15) is 0 Å². The molecule has 0 atom stereocenters. The van der Waals surface area contributed by atoms with Crippen molar-refractivity contribution < 1.29 is 17.6 Å². The lowest BCUT2D eigenvalue weighted by molar-refractivity contribution is 0.0958. The van der Waals surface area contributed by atoms with Crippen LogP contribution in [0, 0.1) is 0 Å². The van der Waals surface area contributed by atoms with Gasteiger partial charge in [0, 0.05) is 17.6 Å². The second-order valence-corrected chi connectivity index (χ2v) is 9.11. The monoisotopic (exact) mass is 432 g/mol. The van der Waals surface area contributed by atoms with E-state index >= 15 is 0 Å². The normalized spacial score (nSPS) is 13.7. The van der Waals surface area contributed by atoms with E-state index in [1.54, 1.807) is 47.4 Å². The maximum absolute atomic E-state index is 13.2. The Morgan fingerprint density at radius 3 is 2.65 bits per heavy atom. The summed E-state index contributed by atoms with van der Waals surface area (Å²) in [5.74, 6) is 0.0228. The van der Waals surface area contributed by atoms with Crippen molar-refractivity contribution in [3.63, 3.8) is 0 Å². The Morgan fingerprint density at radius 2 is 1.81 bits per heavy atom. The highest BCUT2D eigenvalue weighted by Gasteiger charge is 2.26. The summed E-state index contributed by atoms with van der Waals surface area (Å²) >= 11 is 0. The van der Waals surface area contributed by atoms with Crippen LogP contribution in [0.15, 0.2) is 88.4 Å². The summed E-state index contributed by atoms with van der Waals surface area (Å²) in [4.78, 5) is 14.7. The highest BCUT2D eigenvalue weighted by atomic mass is 32.2. The third-order valence-electron chi connectivity index (χ3n) is 5.47. The first-order valence-electron chi connectivity index (χ1n) is 10.0. The largest absolute Gasteiger partial charge is 0.459 e. The summed E-state index contributed by atoms with van der Waals surface area (Å²) in [6, 6.07) is 21.2. The van der Waals surface area contributed by atoms with Crippen molar-refractivity contribution in [3.8, 4) is 0 Å². The lowest BCUT2D eigenvalue weighted by atomic mass is 10.0. The van der Waals surface area contributed by atoms with Gasteiger partial charge in [0.25, 0.3) is 15.9 Å². The average molecular weight is 433 g/mol. The average Bonchev–Trinajstić information content (AvgIpc) is 3.32. The maximum atomic E-state index is 13.2. The minimum Gasteiger partial charge on any atom is -0.459 e. The first-order valence-corrected chi connectivity index (χ1v) is 11.5. The first-order chi connectivity index (χ1) is 15.0. The van der Waals surface area contributed by atoms with Crippen LogP contribution in [0.4, 0.5) is 11.4 Å². The summed E-state index contributed by atoms with van der Waals surface area (Å²) in [5, 5.41) is 1.51. The zero-order valence-corrected chi connectivity index (χ0v) is 17.4. The predicted octanol–water partition coefficient (Wildman–Crippen LogP) is 4.83. The van der Waals surface area contributed by atoms with Crippen molar-refractivity contribution in [3.05, 3.63) is 90.4 Å². The molecule has 31 heavy (non-hydrogen) atoms. The van der Waals surface area contributed by atoms with Crippen molar-refractivity contribution >= 4 is 38.1 Å². The van der Waals surface area contributed by atoms with E-state index < -0.39 is 10.0 Å². The van der Waals surface area contributed by atoms with Crippen LogP contribution in [-0.2, 0) is 16.4 Å². The van der Waals surface area contributed by atoms with Crippen molar-refractivity contribution in [2.24, 2.45) is 0 Å². The molecule has 0 unspecified atom stereocenters. The molecule has 0 saturated heterocycles. The third kappa shape index (κ3) is 3.57. The highest BCUT2D eigenvalue weighted by molar-refractivity contribution is 7.93. The number of fused-ring (bicyclic) bond motifs is 2. The van der Waals surface area contributed by atoms with Gasteiger partial charge in [-0.1, -0.05) is 42.5 Å². The molecule has 4 aromatic rings. The number of hydrogen-bond acceptors (Lipinski definition) is 4. The van der Waals surface area contributed by atoms with Gasteiger partial charge in [-0.3, -0.25) is 9.52 Å². The molecular formula is C24H20N2O4S. The van der Waals surface area contributed by atoms with E-state index in [1.165, 1.54) is 6.26 Å². The molecule has 3 aromatic carbocycles. The number of sulfonamides is 1. The molecule has 6 nitrogen and oxygen atoms in total. The van der Waals surface area contributed by atoms with Gasteiger partial charge in [0.1, 0.15) is 0 Å². The summed E-state index contributed by atoms with van der Waals surface area (Å²) in [5.41, 5.74) is 2.11. The Bertz CT molecular complexity index is 1370. The number of carbonyl (C=O) groups is 1. The summed E-state index contributed by atoms with van der Waals surface area (Å²) < 4.78 is 34.3. The van der Waals surface area contributed by atoms with E-state index in [0.29, 0.717) is 23.3 Å². The topological polar surface area (TPSA) is 79.6 Å². The van der Waals surface area contributed by atoms with Gasteiger partial charge in [0.15, 0.2) is 5.76 Å². The molecule has 0 bridgehead atoms. The zero-order valence-electron chi connectivity index (χ0n) is 16.6. The number of hydrogen-bond donors (Lipinski definition) is 1. The van der Waals surface area contributed by atoms with Crippen molar-refractivity contribution in [1.29, 1.82) is 0 Å². The molecule has 7 heteroatoms. The first kappa shape index (κ1) is 19.4. The van der Waals surface area contributed by atoms with Gasteiger partial charge in [-0.25, -0.2) is 8.42 Å². The fourth-order valence-corrected chi connectivity index (χ4v) is 5.30. The van der Waals surface area contributed by atoms with Gasteiger partial charge in [0.05, 0.1) is 16.8 Å². The Kier molecular flexibility index (Phi) is 4.75. The number of aryl methyl sites for hydroxylation is 1. The van der Waals surface area contributed by atoms with Crippen molar-refractivity contribution in [2.45, 2.75) is 17.7 Å². The molecule has 0 radical (unpaired) electrons. The molecule has 1 aliphatic heterocycles. The Hall–Kier alpha value is -3.58. The highest BCUT2D eigenvalue weighted by Crippen LogP contribution is 2.33. The van der Waals surface area contributed by atoms with Gasteiger partial charge in [0.2, 0.25) is 0 Å². The number of furan rings is 1. The molecule has 0 spiro atoms. The van der Waals surface area contributed by atoms with Crippen molar-refractivity contribution in [2.75, 3.05) is 16.2 Å². The number of nitrogens with one attached hydrogen (secondary N) is 1. The number of carbonyl (C=O) groups excluding carboxylic acids is 1. The van der Waals surface area contributed by atoms with E-state index in [4.69, 9.17) is 4.42 Å². The lowest BCUT2D eigenvalue weighted by Gasteiger charge is -2.29. The number of nitrogens with zero attached hydrogens (tertiary/aromatic N) is 1. The minimum absolute atomic E-state index is 0.215. The SMILES string of the molecule is O=C(c1ccco1)N1CCCc2ccc(NS(=O)(=O)c3cccc4ccccc34)cc21. The molecule has 5 rings (SSSR count). The zero-order chi connectivity index (χ0) is 21.4. The van der Waals surface area contributed by atoms with E-state index in [1.807, 2.05) is 30.3 Å². The van der Waals surface area contributed by atoms with Crippen LogP contribution in [0.1, 0.15) is 22.5 Å². The van der Waals surface area contributed by atoms with Crippen LogP contribution < -0.4 is 9.62 Å². The van der Waals surface area contributed by atoms with E-state index in [0.717, 1.165) is 23.8 Å². The van der Waals surface area contributed by atoms with Gasteiger partial charge < -0.3 is 9.32 Å². The van der Waals surface area contributed by atoms with Crippen molar-refractivity contribution in [1.82, 2.24) is 0 Å². The Labute approximate surface area is 180 Å². The number of rotatable bonds is 4. The second kappa shape index (κ2) is 7.59.